The zero-order valence-corrected chi connectivity index (χ0v) is 12.6. The van der Waals surface area contributed by atoms with E-state index in [1.54, 1.807) is 42.6 Å². The number of carbonyl (C=O) groups is 1. The molecule has 0 saturated heterocycles. The lowest BCUT2D eigenvalue weighted by atomic mass is 10.3. The highest BCUT2D eigenvalue weighted by atomic mass is 35.5. The van der Waals surface area contributed by atoms with E-state index < -0.39 is 6.03 Å². The summed E-state index contributed by atoms with van der Waals surface area (Å²) in [5.74, 6) is 0.588. The lowest BCUT2D eigenvalue weighted by Crippen LogP contribution is -2.28. The average molecular weight is 330 g/mol. The van der Waals surface area contributed by atoms with Gasteiger partial charge >= 0.3 is 6.03 Å². The Morgan fingerprint density at radius 2 is 2.09 bits per heavy atom. The SMILES string of the molecule is O=C(NCc1nnc(-c2ccccn2)o1)Nc1cccc(Cl)c1. The summed E-state index contributed by atoms with van der Waals surface area (Å²) in [6, 6.07) is 11.8. The highest BCUT2D eigenvalue weighted by Gasteiger charge is 2.10. The molecule has 116 valence electrons. The summed E-state index contributed by atoms with van der Waals surface area (Å²) < 4.78 is 5.44. The second-order valence-electron chi connectivity index (χ2n) is 4.53. The number of anilines is 1. The number of halogens is 1. The van der Waals surface area contributed by atoms with Gasteiger partial charge in [0.1, 0.15) is 5.69 Å². The topological polar surface area (TPSA) is 92.9 Å². The molecule has 0 aliphatic heterocycles. The summed E-state index contributed by atoms with van der Waals surface area (Å²) in [6.07, 6.45) is 1.63. The van der Waals surface area contributed by atoms with Crippen molar-refractivity contribution in [1.29, 1.82) is 0 Å². The van der Waals surface area contributed by atoms with Crippen molar-refractivity contribution in [2.75, 3.05) is 5.32 Å². The Kier molecular flexibility index (Phi) is 4.49. The molecule has 1 aromatic carbocycles. The minimum Gasteiger partial charge on any atom is -0.417 e. The number of urea groups is 1. The summed E-state index contributed by atoms with van der Waals surface area (Å²) >= 11 is 5.85. The van der Waals surface area contributed by atoms with Crippen molar-refractivity contribution < 1.29 is 9.21 Å². The Morgan fingerprint density at radius 3 is 2.87 bits per heavy atom. The fraction of sp³-hybridized carbons (Fsp3) is 0.0667. The summed E-state index contributed by atoms with van der Waals surface area (Å²) in [7, 11) is 0. The largest absolute Gasteiger partial charge is 0.417 e. The molecule has 0 aliphatic rings. The maximum Gasteiger partial charge on any atom is 0.319 e. The fourth-order valence-corrected chi connectivity index (χ4v) is 2.01. The van der Waals surface area contributed by atoms with Gasteiger partial charge in [-0.3, -0.25) is 4.98 Å². The standard InChI is InChI=1S/C15H12ClN5O2/c16-10-4-3-5-11(8-10)19-15(22)18-9-13-20-21-14(23-13)12-6-1-2-7-17-12/h1-8H,9H2,(H2,18,19,22). The van der Waals surface area contributed by atoms with E-state index in [1.807, 2.05) is 6.07 Å². The van der Waals surface area contributed by atoms with E-state index in [9.17, 15) is 4.79 Å². The van der Waals surface area contributed by atoms with Crippen molar-refractivity contribution in [1.82, 2.24) is 20.5 Å². The predicted octanol–water partition coefficient (Wildman–Crippen LogP) is 3.11. The van der Waals surface area contributed by atoms with E-state index >= 15 is 0 Å². The van der Waals surface area contributed by atoms with Gasteiger partial charge in [-0.1, -0.05) is 23.7 Å². The maximum atomic E-state index is 11.8. The summed E-state index contributed by atoms with van der Waals surface area (Å²) in [5.41, 5.74) is 1.17. The molecule has 0 aliphatic carbocycles. The number of hydrogen-bond acceptors (Lipinski definition) is 5. The molecule has 0 unspecified atom stereocenters. The monoisotopic (exact) mass is 329 g/mol. The van der Waals surface area contributed by atoms with E-state index in [0.717, 1.165) is 0 Å². The van der Waals surface area contributed by atoms with E-state index in [2.05, 4.69) is 25.8 Å². The Bertz CT molecular complexity index is 806. The van der Waals surface area contributed by atoms with Crippen molar-refractivity contribution in [3.05, 3.63) is 59.6 Å². The lowest BCUT2D eigenvalue weighted by Gasteiger charge is -2.05. The van der Waals surface area contributed by atoms with E-state index in [4.69, 9.17) is 16.0 Å². The normalized spacial score (nSPS) is 10.3. The smallest absolute Gasteiger partial charge is 0.319 e. The number of amides is 2. The van der Waals surface area contributed by atoms with Gasteiger partial charge in [0.25, 0.3) is 5.89 Å². The zero-order valence-electron chi connectivity index (χ0n) is 11.9. The first kappa shape index (κ1) is 15.0. The average Bonchev–Trinajstić information content (AvgIpc) is 3.03. The molecule has 2 heterocycles. The molecule has 0 spiro atoms. The number of aromatic nitrogens is 3. The van der Waals surface area contributed by atoms with Crippen LogP contribution in [0.4, 0.5) is 10.5 Å². The third-order valence-electron chi connectivity index (χ3n) is 2.83. The number of carbonyl (C=O) groups excluding carboxylic acids is 1. The first-order valence-electron chi connectivity index (χ1n) is 6.75. The first-order valence-corrected chi connectivity index (χ1v) is 7.13. The van der Waals surface area contributed by atoms with Crippen LogP contribution in [0, 0.1) is 0 Å². The van der Waals surface area contributed by atoms with Gasteiger partial charge < -0.3 is 15.1 Å². The van der Waals surface area contributed by atoms with Crippen LogP contribution in [-0.2, 0) is 6.54 Å². The molecular weight excluding hydrogens is 318 g/mol. The van der Waals surface area contributed by atoms with Crippen LogP contribution in [0.5, 0.6) is 0 Å². The molecule has 0 radical (unpaired) electrons. The second kappa shape index (κ2) is 6.89. The van der Waals surface area contributed by atoms with Crippen LogP contribution < -0.4 is 10.6 Å². The molecule has 3 rings (SSSR count). The number of hydrogen-bond donors (Lipinski definition) is 2. The summed E-state index contributed by atoms with van der Waals surface area (Å²) in [5, 5.41) is 13.6. The quantitative estimate of drug-likeness (QED) is 0.767. The van der Waals surface area contributed by atoms with E-state index in [0.29, 0.717) is 22.3 Å². The van der Waals surface area contributed by atoms with Gasteiger partial charge in [0.2, 0.25) is 5.89 Å². The Hall–Kier alpha value is -2.93. The van der Waals surface area contributed by atoms with Gasteiger partial charge in [0.05, 0.1) is 6.54 Å². The molecule has 0 atom stereocenters. The van der Waals surface area contributed by atoms with Crippen LogP contribution in [0.3, 0.4) is 0 Å². The number of pyridine rings is 1. The number of nitrogens with zero attached hydrogens (tertiary/aromatic N) is 3. The third-order valence-corrected chi connectivity index (χ3v) is 3.07. The molecule has 2 N–H and O–H groups in total. The van der Waals surface area contributed by atoms with Gasteiger partial charge in [0, 0.05) is 16.9 Å². The summed E-state index contributed by atoms with van der Waals surface area (Å²) in [6.45, 7) is 0.103. The minimum atomic E-state index is -0.398. The Balaban J connectivity index is 1.56. The first-order chi connectivity index (χ1) is 11.2. The van der Waals surface area contributed by atoms with Gasteiger partial charge in [-0.15, -0.1) is 10.2 Å². The van der Waals surface area contributed by atoms with E-state index in [-0.39, 0.29) is 12.4 Å². The number of rotatable bonds is 4. The molecule has 23 heavy (non-hydrogen) atoms. The fourth-order valence-electron chi connectivity index (χ4n) is 1.82. The Morgan fingerprint density at radius 1 is 1.17 bits per heavy atom. The highest BCUT2D eigenvalue weighted by Crippen LogP contribution is 2.15. The zero-order chi connectivity index (χ0) is 16.1. The van der Waals surface area contributed by atoms with Crippen molar-refractivity contribution in [3.8, 4) is 11.6 Å². The van der Waals surface area contributed by atoms with Gasteiger partial charge in [-0.2, -0.15) is 0 Å². The molecular formula is C15H12ClN5O2. The summed E-state index contributed by atoms with van der Waals surface area (Å²) in [4.78, 5) is 15.9. The van der Waals surface area contributed by atoms with Crippen molar-refractivity contribution in [2.45, 2.75) is 6.54 Å². The van der Waals surface area contributed by atoms with Crippen LogP contribution >= 0.6 is 11.6 Å². The van der Waals surface area contributed by atoms with Crippen LogP contribution in [0.25, 0.3) is 11.6 Å². The van der Waals surface area contributed by atoms with Crippen molar-refractivity contribution in [3.63, 3.8) is 0 Å². The van der Waals surface area contributed by atoms with Crippen LogP contribution in [0.15, 0.2) is 53.1 Å². The molecule has 0 fully saturated rings. The van der Waals surface area contributed by atoms with Crippen molar-refractivity contribution in [2.24, 2.45) is 0 Å². The van der Waals surface area contributed by atoms with Gasteiger partial charge in [-0.25, -0.2) is 4.79 Å². The number of benzene rings is 1. The maximum absolute atomic E-state index is 11.8. The van der Waals surface area contributed by atoms with Crippen LogP contribution in [0.2, 0.25) is 5.02 Å². The molecule has 0 bridgehead atoms. The highest BCUT2D eigenvalue weighted by molar-refractivity contribution is 6.30. The van der Waals surface area contributed by atoms with Crippen molar-refractivity contribution >= 4 is 23.3 Å². The van der Waals surface area contributed by atoms with Crippen LogP contribution in [-0.4, -0.2) is 21.2 Å². The molecule has 2 amide bonds. The van der Waals surface area contributed by atoms with Gasteiger partial charge in [-0.05, 0) is 30.3 Å². The third kappa shape index (κ3) is 4.04. The molecule has 3 aromatic rings. The minimum absolute atomic E-state index is 0.103. The molecule has 8 heteroatoms. The number of nitrogens with one attached hydrogen (secondary N) is 2. The second-order valence-corrected chi connectivity index (χ2v) is 4.97. The van der Waals surface area contributed by atoms with Gasteiger partial charge in [0.15, 0.2) is 0 Å². The Labute approximate surface area is 136 Å². The molecule has 0 saturated carbocycles. The lowest BCUT2D eigenvalue weighted by molar-refractivity contribution is 0.250. The van der Waals surface area contributed by atoms with E-state index in [1.165, 1.54) is 0 Å². The molecule has 2 aromatic heterocycles. The molecule has 7 nitrogen and oxygen atoms in total. The predicted molar refractivity (Wildman–Crippen MR) is 84.8 cm³/mol. The van der Waals surface area contributed by atoms with Crippen LogP contribution in [0.1, 0.15) is 5.89 Å².